The molecular weight excluding hydrogens is 137 g/mol. The topological polar surface area (TPSA) is 35.4 Å². The molecule has 0 unspecified atom stereocenters. The first-order chi connectivity index (χ1) is 4.43. The van der Waals surface area contributed by atoms with Gasteiger partial charge in [-0.15, -0.1) is 0 Å². The van der Waals surface area contributed by atoms with Crippen molar-refractivity contribution in [3.8, 4) is 0 Å². The summed E-state index contributed by atoms with van der Waals surface area (Å²) in [6, 6.07) is 9.25. The van der Waals surface area contributed by atoms with E-state index in [1.54, 1.807) is 0 Å². The van der Waals surface area contributed by atoms with Crippen LogP contribution in [0.4, 0.5) is 0 Å². The van der Waals surface area contributed by atoms with Crippen LogP contribution in [0, 0.1) is 5.21 Å². The van der Waals surface area contributed by atoms with Gasteiger partial charge in [0.25, 0.3) is 0 Å². The standard InChI is InChI=1S/C7H7NO.Na/c9-8-6-7-4-2-1-3-5-7;/h1-6,9H;/q;+1/p-1/b8-6-;. The summed E-state index contributed by atoms with van der Waals surface area (Å²) in [5.74, 6) is 0. The fourth-order valence-electron chi connectivity index (χ4n) is 0.600. The average Bonchev–Trinajstić information content (AvgIpc) is 1.91. The van der Waals surface area contributed by atoms with Gasteiger partial charge in [-0.05, 0) is 5.56 Å². The van der Waals surface area contributed by atoms with Crippen LogP contribution in [0.25, 0.3) is 0 Å². The van der Waals surface area contributed by atoms with Crippen molar-refractivity contribution < 1.29 is 29.6 Å². The first-order valence-electron chi connectivity index (χ1n) is 2.64. The molecule has 0 amide bonds. The fraction of sp³-hybridized carbons (Fsp3) is 0. The van der Waals surface area contributed by atoms with Gasteiger partial charge in [-0.3, -0.25) is 0 Å². The minimum Gasteiger partial charge on any atom is -0.792 e. The number of benzene rings is 1. The number of hydrogen-bond acceptors (Lipinski definition) is 2. The molecule has 0 atom stereocenters. The molecule has 46 valence electrons. The van der Waals surface area contributed by atoms with Gasteiger partial charge >= 0.3 is 29.6 Å². The first-order valence-corrected chi connectivity index (χ1v) is 2.64. The van der Waals surface area contributed by atoms with Gasteiger partial charge in [0.05, 0.1) is 0 Å². The van der Waals surface area contributed by atoms with Crippen LogP contribution in [0.3, 0.4) is 0 Å². The van der Waals surface area contributed by atoms with Crippen LogP contribution >= 0.6 is 0 Å². The van der Waals surface area contributed by atoms with E-state index < -0.39 is 0 Å². The Morgan fingerprint density at radius 1 is 1.20 bits per heavy atom. The monoisotopic (exact) mass is 143 g/mol. The zero-order chi connectivity index (χ0) is 6.53. The van der Waals surface area contributed by atoms with E-state index in [0.29, 0.717) is 0 Å². The van der Waals surface area contributed by atoms with Crippen molar-refractivity contribution in [2.24, 2.45) is 5.16 Å². The summed E-state index contributed by atoms with van der Waals surface area (Å²) in [4.78, 5) is 0. The van der Waals surface area contributed by atoms with Crippen molar-refractivity contribution in [3.05, 3.63) is 41.1 Å². The molecule has 0 aliphatic heterocycles. The third-order valence-electron chi connectivity index (χ3n) is 1.00. The SMILES string of the molecule is [Na+].[O-]/N=C\c1ccccc1. The quantitative estimate of drug-likeness (QED) is 0.271. The largest absolute Gasteiger partial charge is 1.00 e. The Kier molecular flexibility index (Phi) is 5.30. The summed E-state index contributed by atoms with van der Waals surface area (Å²) >= 11 is 0. The van der Waals surface area contributed by atoms with E-state index in [1.807, 2.05) is 30.3 Å². The number of hydrogen-bond donors (Lipinski definition) is 0. The smallest absolute Gasteiger partial charge is 0.792 e. The molecule has 0 saturated carbocycles. The number of nitrogens with zero attached hydrogens (tertiary/aromatic N) is 1. The molecule has 1 aromatic carbocycles. The molecule has 0 N–H and O–H groups in total. The van der Waals surface area contributed by atoms with Crippen molar-refractivity contribution in [1.82, 2.24) is 0 Å². The maximum absolute atomic E-state index is 9.67. The Hall–Kier alpha value is -0.310. The zero-order valence-electron chi connectivity index (χ0n) is 5.82. The molecule has 0 radical (unpaired) electrons. The molecule has 10 heavy (non-hydrogen) atoms. The average molecular weight is 143 g/mol. The predicted octanol–water partition coefficient (Wildman–Crippen LogP) is -1.39. The Balaban J connectivity index is 0.000000810. The normalized spacial score (nSPS) is 9.20. The van der Waals surface area contributed by atoms with Gasteiger partial charge in [0, 0.05) is 6.21 Å². The van der Waals surface area contributed by atoms with Gasteiger partial charge in [-0.25, -0.2) is 0 Å². The molecule has 1 rings (SSSR count). The zero-order valence-corrected chi connectivity index (χ0v) is 7.82. The molecule has 3 heteroatoms. The van der Waals surface area contributed by atoms with Crippen molar-refractivity contribution in [1.29, 1.82) is 0 Å². The van der Waals surface area contributed by atoms with Crippen molar-refractivity contribution in [3.63, 3.8) is 0 Å². The van der Waals surface area contributed by atoms with Gasteiger partial charge in [0.15, 0.2) is 0 Å². The van der Waals surface area contributed by atoms with Crippen LogP contribution in [0.1, 0.15) is 5.56 Å². The molecule has 0 aromatic heterocycles. The second kappa shape index (κ2) is 5.47. The summed E-state index contributed by atoms with van der Waals surface area (Å²) in [6.45, 7) is 0. The fourth-order valence-corrected chi connectivity index (χ4v) is 0.600. The van der Waals surface area contributed by atoms with Gasteiger partial charge in [0.1, 0.15) is 0 Å². The summed E-state index contributed by atoms with van der Waals surface area (Å²) in [6.07, 6.45) is 1.28. The third-order valence-corrected chi connectivity index (χ3v) is 1.00. The van der Waals surface area contributed by atoms with Crippen molar-refractivity contribution in [2.45, 2.75) is 0 Å². The Morgan fingerprint density at radius 3 is 2.30 bits per heavy atom. The Morgan fingerprint density at radius 2 is 1.80 bits per heavy atom. The van der Waals surface area contributed by atoms with Gasteiger partial charge < -0.3 is 10.4 Å². The van der Waals surface area contributed by atoms with Crippen LogP contribution in [-0.4, -0.2) is 6.21 Å². The molecule has 0 aliphatic rings. The Labute approximate surface area is 81.9 Å². The molecule has 0 saturated heterocycles. The van der Waals surface area contributed by atoms with Crippen molar-refractivity contribution in [2.75, 3.05) is 0 Å². The minimum atomic E-state index is 0. The molecular formula is C7H6NNaO. The van der Waals surface area contributed by atoms with Crippen LogP contribution in [0.15, 0.2) is 35.5 Å². The van der Waals surface area contributed by atoms with Crippen LogP contribution in [-0.2, 0) is 0 Å². The van der Waals surface area contributed by atoms with E-state index >= 15 is 0 Å². The first kappa shape index (κ1) is 9.69. The van der Waals surface area contributed by atoms with E-state index in [2.05, 4.69) is 5.16 Å². The van der Waals surface area contributed by atoms with Crippen LogP contribution in [0.5, 0.6) is 0 Å². The third kappa shape index (κ3) is 3.01. The van der Waals surface area contributed by atoms with Crippen LogP contribution in [0.2, 0.25) is 0 Å². The molecule has 0 aliphatic carbocycles. The maximum atomic E-state index is 9.67. The predicted molar refractivity (Wildman–Crippen MR) is 37.4 cm³/mol. The Bertz CT molecular complexity index is 198. The summed E-state index contributed by atoms with van der Waals surface area (Å²) in [5.41, 5.74) is 0.840. The summed E-state index contributed by atoms with van der Waals surface area (Å²) in [5, 5.41) is 12.3. The summed E-state index contributed by atoms with van der Waals surface area (Å²) in [7, 11) is 0. The molecule has 0 bridgehead atoms. The summed E-state index contributed by atoms with van der Waals surface area (Å²) < 4.78 is 0. The molecule has 0 fully saturated rings. The van der Waals surface area contributed by atoms with E-state index in [9.17, 15) is 5.21 Å². The van der Waals surface area contributed by atoms with Gasteiger partial charge in [-0.1, -0.05) is 30.3 Å². The van der Waals surface area contributed by atoms with Gasteiger partial charge in [0.2, 0.25) is 0 Å². The van der Waals surface area contributed by atoms with Crippen molar-refractivity contribution >= 4 is 6.21 Å². The second-order valence-corrected chi connectivity index (χ2v) is 1.65. The van der Waals surface area contributed by atoms with E-state index in [-0.39, 0.29) is 29.6 Å². The second-order valence-electron chi connectivity index (χ2n) is 1.65. The molecule has 0 spiro atoms. The van der Waals surface area contributed by atoms with Crippen LogP contribution < -0.4 is 29.6 Å². The van der Waals surface area contributed by atoms with E-state index in [4.69, 9.17) is 0 Å². The van der Waals surface area contributed by atoms with E-state index in [0.717, 1.165) is 5.56 Å². The van der Waals surface area contributed by atoms with Gasteiger partial charge in [-0.2, -0.15) is 0 Å². The minimum absolute atomic E-state index is 0. The maximum Gasteiger partial charge on any atom is 1.00 e. The molecule has 2 nitrogen and oxygen atoms in total. The van der Waals surface area contributed by atoms with E-state index in [1.165, 1.54) is 6.21 Å². The number of rotatable bonds is 1. The molecule has 1 aromatic rings. The molecule has 0 heterocycles.